The maximum absolute atomic E-state index is 11.1. The van der Waals surface area contributed by atoms with Crippen LogP contribution in [0.5, 0.6) is 5.75 Å². The Hall–Kier alpha value is -1.07. The van der Waals surface area contributed by atoms with Crippen molar-refractivity contribution >= 4 is 10.1 Å². The second-order valence-electron chi connectivity index (χ2n) is 5.76. The van der Waals surface area contributed by atoms with Crippen LogP contribution in [0.2, 0.25) is 0 Å². The van der Waals surface area contributed by atoms with Crippen LogP contribution in [0.4, 0.5) is 0 Å². The van der Waals surface area contributed by atoms with E-state index in [0.717, 1.165) is 37.9 Å². The average molecular weight is 328 g/mol. The Labute approximate surface area is 135 Å². The van der Waals surface area contributed by atoms with E-state index in [-0.39, 0.29) is 18.4 Å². The van der Waals surface area contributed by atoms with Gasteiger partial charge in [0.05, 0.1) is 19.5 Å². The Bertz CT molecular complexity index is 539. The molecular weight excluding hydrogens is 300 g/mol. The van der Waals surface area contributed by atoms with Crippen LogP contribution in [-0.2, 0) is 14.3 Å². The zero-order valence-corrected chi connectivity index (χ0v) is 14.9. The van der Waals surface area contributed by atoms with Crippen molar-refractivity contribution in [2.45, 2.75) is 46.0 Å². The fourth-order valence-corrected chi connectivity index (χ4v) is 2.94. The molecule has 5 heteroatoms. The van der Waals surface area contributed by atoms with Crippen molar-refractivity contribution in [2.24, 2.45) is 5.92 Å². The van der Waals surface area contributed by atoms with Gasteiger partial charge in [0.2, 0.25) is 0 Å². The average Bonchev–Trinajstić information content (AvgIpc) is 2.46. The first-order chi connectivity index (χ1) is 10.4. The molecule has 0 saturated carbocycles. The molecule has 0 N–H and O–H groups in total. The summed E-state index contributed by atoms with van der Waals surface area (Å²) >= 11 is 0. The van der Waals surface area contributed by atoms with Crippen LogP contribution in [0.1, 0.15) is 51.5 Å². The molecule has 2 atom stereocenters. The summed E-state index contributed by atoms with van der Waals surface area (Å²) in [5.41, 5.74) is 1.17. The van der Waals surface area contributed by atoms with Gasteiger partial charge in [0.15, 0.2) is 0 Å². The molecule has 1 rings (SSSR count). The standard InChI is InChI=1S/C17H28O4S/c1-5-7-11-20-16-10-8-9-15(12-16)17(6-2)14(3)13-21-22(4,18)19/h8-10,12,14,17H,5-7,11,13H2,1-4H3/t14-,17+/m0/s1. The third kappa shape index (κ3) is 6.79. The smallest absolute Gasteiger partial charge is 0.264 e. The number of benzene rings is 1. The monoisotopic (exact) mass is 328 g/mol. The summed E-state index contributed by atoms with van der Waals surface area (Å²) in [5.74, 6) is 1.24. The summed E-state index contributed by atoms with van der Waals surface area (Å²) < 4.78 is 33.0. The fraction of sp³-hybridized carbons (Fsp3) is 0.647. The molecule has 1 aromatic rings. The molecule has 4 nitrogen and oxygen atoms in total. The van der Waals surface area contributed by atoms with Crippen molar-refractivity contribution in [2.75, 3.05) is 19.5 Å². The summed E-state index contributed by atoms with van der Waals surface area (Å²) in [6.07, 6.45) is 4.16. The number of unbranched alkanes of at least 4 members (excludes halogenated alkanes) is 1. The van der Waals surface area contributed by atoms with E-state index in [1.807, 2.05) is 19.1 Å². The second kappa shape index (κ2) is 9.16. The third-order valence-corrected chi connectivity index (χ3v) is 4.29. The summed E-state index contributed by atoms with van der Waals surface area (Å²) in [4.78, 5) is 0. The van der Waals surface area contributed by atoms with E-state index >= 15 is 0 Å². The van der Waals surface area contributed by atoms with Crippen LogP contribution in [0, 0.1) is 5.92 Å². The number of hydrogen-bond donors (Lipinski definition) is 0. The first-order valence-electron chi connectivity index (χ1n) is 7.94. The van der Waals surface area contributed by atoms with E-state index < -0.39 is 10.1 Å². The highest BCUT2D eigenvalue weighted by atomic mass is 32.2. The van der Waals surface area contributed by atoms with E-state index in [1.54, 1.807) is 0 Å². The quantitative estimate of drug-likeness (QED) is 0.482. The molecule has 0 aliphatic rings. The molecule has 0 spiro atoms. The molecule has 1 aromatic carbocycles. The minimum absolute atomic E-state index is 0.116. The van der Waals surface area contributed by atoms with Crippen molar-refractivity contribution in [3.8, 4) is 5.75 Å². The maximum atomic E-state index is 11.1. The topological polar surface area (TPSA) is 52.6 Å². The van der Waals surface area contributed by atoms with Gasteiger partial charge in [-0.1, -0.05) is 39.3 Å². The molecule has 0 aliphatic heterocycles. The summed E-state index contributed by atoms with van der Waals surface area (Å²) in [6, 6.07) is 8.07. The van der Waals surface area contributed by atoms with Gasteiger partial charge >= 0.3 is 0 Å². The van der Waals surface area contributed by atoms with Gasteiger partial charge in [-0.2, -0.15) is 8.42 Å². The molecule has 0 aromatic heterocycles. The first kappa shape index (κ1) is 19.0. The van der Waals surface area contributed by atoms with Gasteiger partial charge in [-0.3, -0.25) is 4.18 Å². The molecule has 0 unspecified atom stereocenters. The van der Waals surface area contributed by atoms with Crippen molar-refractivity contribution in [1.82, 2.24) is 0 Å². The SMILES string of the molecule is CCCCOc1cccc([C@H](CC)[C@@H](C)COS(C)(=O)=O)c1. The minimum Gasteiger partial charge on any atom is -0.494 e. The van der Waals surface area contributed by atoms with Crippen LogP contribution in [0.15, 0.2) is 24.3 Å². The van der Waals surface area contributed by atoms with Crippen LogP contribution in [0.25, 0.3) is 0 Å². The molecule has 22 heavy (non-hydrogen) atoms. The van der Waals surface area contributed by atoms with Gasteiger partial charge in [-0.25, -0.2) is 0 Å². The van der Waals surface area contributed by atoms with Crippen LogP contribution < -0.4 is 4.74 Å². The van der Waals surface area contributed by atoms with Gasteiger partial charge < -0.3 is 4.74 Å². The van der Waals surface area contributed by atoms with Gasteiger partial charge in [0.25, 0.3) is 10.1 Å². The molecule has 0 aliphatic carbocycles. The van der Waals surface area contributed by atoms with E-state index in [1.165, 1.54) is 5.56 Å². The lowest BCUT2D eigenvalue weighted by atomic mass is 9.85. The zero-order chi connectivity index (χ0) is 16.6. The van der Waals surface area contributed by atoms with Crippen molar-refractivity contribution < 1.29 is 17.3 Å². The molecule has 0 saturated heterocycles. The first-order valence-corrected chi connectivity index (χ1v) is 9.76. The molecule has 0 heterocycles. The number of rotatable bonds is 10. The van der Waals surface area contributed by atoms with Crippen molar-refractivity contribution in [3.05, 3.63) is 29.8 Å². The maximum Gasteiger partial charge on any atom is 0.264 e. The van der Waals surface area contributed by atoms with Crippen LogP contribution in [-0.4, -0.2) is 27.9 Å². The van der Waals surface area contributed by atoms with Crippen LogP contribution >= 0.6 is 0 Å². The highest BCUT2D eigenvalue weighted by Crippen LogP contribution is 2.30. The molecular formula is C17H28O4S. The van der Waals surface area contributed by atoms with Gasteiger partial charge in [-0.05, 0) is 42.4 Å². The van der Waals surface area contributed by atoms with E-state index in [2.05, 4.69) is 26.0 Å². The fourth-order valence-electron chi connectivity index (χ4n) is 2.48. The second-order valence-corrected chi connectivity index (χ2v) is 7.40. The highest BCUT2D eigenvalue weighted by molar-refractivity contribution is 7.85. The van der Waals surface area contributed by atoms with Crippen molar-refractivity contribution in [3.63, 3.8) is 0 Å². The van der Waals surface area contributed by atoms with E-state index in [9.17, 15) is 8.42 Å². The normalized spacial score (nSPS) is 14.5. The lowest BCUT2D eigenvalue weighted by Gasteiger charge is -2.23. The van der Waals surface area contributed by atoms with Crippen LogP contribution in [0.3, 0.4) is 0 Å². The highest BCUT2D eigenvalue weighted by Gasteiger charge is 2.20. The zero-order valence-electron chi connectivity index (χ0n) is 14.0. The molecule has 126 valence electrons. The number of hydrogen-bond acceptors (Lipinski definition) is 4. The van der Waals surface area contributed by atoms with Crippen molar-refractivity contribution in [1.29, 1.82) is 0 Å². The predicted molar refractivity (Wildman–Crippen MR) is 89.8 cm³/mol. The molecule has 0 bridgehead atoms. The Balaban J connectivity index is 2.74. The summed E-state index contributed by atoms with van der Waals surface area (Å²) in [6.45, 7) is 7.19. The lowest BCUT2D eigenvalue weighted by molar-refractivity contribution is 0.241. The lowest BCUT2D eigenvalue weighted by Crippen LogP contribution is -2.17. The Morgan fingerprint density at radius 3 is 2.55 bits per heavy atom. The van der Waals surface area contributed by atoms with Gasteiger partial charge in [-0.15, -0.1) is 0 Å². The molecule has 0 fully saturated rings. The summed E-state index contributed by atoms with van der Waals surface area (Å²) in [5, 5.41) is 0. The Morgan fingerprint density at radius 2 is 1.95 bits per heavy atom. The van der Waals surface area contributed by atoms with Gasteiger partial charge in [0, 0.05) is 0 Å². The minimum atomic E-state index is -3.39. The Kier molecular flexibility index (Phi) is 7.90. The molecule has 0 radical (unpaired) electrons. The largest absolute Gasteiger partial charge is 0.494 e. The van der Waals surface area contributed by atoms with Gasteiger partial charge in [0.1, 0.15) is 5.75 Å². The third-order valence-electron chi connectivity index (χ3n) is 3.72. The number of ether oxygens (including phenoxy) is 1. The van der Waals surface area contributed by atoms with E-state index in [4.69, 9.17) is 8.92 Å². The molecule has 0 amide bonds. The predicted octanol–water partition coefficient (Wildman–Crippen LogP) is 3.97. The summed E-state index contributed by atoms with van der Waals surface area (Å²) in [7, 11) is -3.39. The Morgan fingerprint density at radius 1 is 1.23 bits per heavy atom. The van der Waals surface area contributed by atoms with E-state index in [0.29, 0.717) is 0 Å².